The first kappa shape index (κ1) is 35.7. The van der Waals surface area contributed by atoms with Gasteiger partial charge in [0.15, 0.2) is 0 Å². The number of ether oxygens (including phenoxy) is 1. The topological polar surface area (TPSA) is 63.6 Å². The molecule has 4 nitrogen and oxygen atoms in total. The first-order valence-corrected chi connectivity index (χ1v) is 16.2. The highest BCUT2D eigenvalue weighted by molar-refractivity contribution is 5.69. The summed E-state index contributed by atoms with van der Waals surface area (Å²) in [6, 6.07) is 0. The first-order valence-electron chi connectivity index (χ1n) is 16.2. The third kappa shape index (κ3) is 29.1. The molecule has 0 aromatic carbocycles. The van der Waals surface area contributed by atoms with Crippen LogP contribution in [-0.4, -0.2) is 23.1 Å². The second kappa shape index (κ2) is 29.2. The Bertz CT molecular complexity index is 528. The highest BCUT2D eigenvalue weighted by atomic mass is 16.5. The van der Waals surface area contributed by atoms with E-state index < -0.39 is 5.97 Å². The van der Waals surface area contributed by atoms with Crippen LogP contribution in [0.1, 0.15) is 181 Å². The maximum absolute atomic E-state index is 12.4. The van der Waals surface area contributed by atoms with Gasteiger partial charge in [0.1, 0.15) is 6.10 Å². The molecule has 0 aromatic heterocycles. The molecule has 0 aliphatic carbocycles. The van der Waals surface area contributed by atoms with E-state index in [9.17, 15) is 9.59 Å². The van der Waals surface area contributed by atoms with Crippen LogP contribution in [0.4, 0.5) is 0 Å². The number of esters is 1. The van der Waals surface area contributed by atoms with Crippen LogP contribution in [0.5, 0.6) is 0 Å². The van der Waals surface area contributed by atoms with E-state index >= 15 is 0 Å². The van der Waals surface area contributed by atoms with Gasteiger partial charge in [-0.1, -0.05) is 116 Å². The van der Waals surface area contributed by atoms with Crippen LogP contribution >= 0.6 is 0 Å². The zero-order chi connectivity index (χ0) is 27.2. The summed E-state index contributed by atoms with van der Waals surface area (Å²) in [6.45, 7) is 4.49. The van der Waals surface area contributed by atoms with Gasteiger partial charge in [0.25, 0.3) is 0 Å². The Morgan fingerprint density at radius 1 is 0.568 bits per heavy atom. The lowest BCUT2D eigenvalue weighted by molar-refractivity contribution is -0.150. The van der Waals surface area contributed by atoms with Crippen molar-refractivity contribution in [3.05, 3.63) is 12.2 Å². The quantitative estimate of drug-likeness (QED) is 0.0602. The summed E-state index contributed by atoms with van der Waals surface area (Å²) in [6.07, 6.45) is 33.8. The number of rotatable bonds is 29. The lowest BCUT2D eigenvalue weighted by atomic mass is 10.0. The van der Waals surface area contributed by atoms with Crippen molar-refractivity contribution < 1.29 is 19.4 Å². The maximum atomic E-state index is 12.4. The Kier molecular flexibility index (Phi) is 28.2. The van der Waals surface area contributed by atoms with Gasteiger partial charge >= 0.3 is 11.9 Å². The third-order valence-electron chi connectivity index (χ3n) is 7.24. The fourth-order valence-electron chi connectivity index (χ4n) is 4.82. The third-order valence-corrected chi connectivity index (χ3v) is 7.24. The number of allylic oxidation sites excluding steroid dienone is 2. The summed E-state index contributed by atoms with van der Waals surface area (Å²) in [4.78, 5) is 23.0. The van der Waals surface area contributed by atoms with Crippen molar-refractivity contribution in [2.75, 3.05) is 0 Å². The zero-order valence-corrected chi connectivity index (χ0v) is 24.8. The Balaban J connectivity index is 3.82. The standard InChI is InChI=1S/C33H62O4/c1-3-5-7-9-10-11-12-13-14-15-16-17-18-22-26-30-33(36)37-31(27-23-8-6-4-2)28-24-20-19-21-25-29-32(34)35/h13-14,31H,3-12,15-30H2,1-2H3,(H,34,35)/b14-13-. The smallest absolute Gasteiger partial charge is 0.306 e. The van der Waals surface area contributed by atoms with E-state index in [2.05, 4.69) is 26.0 Å². The minimum Gasteiger partial charge on any atom is -0.481 e. The highest BCUT2D eigenvalue weighted by Crippen LogP contribution is 2.18. The average molecular weight is 523 g/mol. The summed E-state index contributed by atoms with van der Waals surface area (Å²) >= 11 is 0. The van der Waals surface area contributed by atoms with Crippen molar-refractivity contribution >= 4 is 11.9 Å². The van der Waals surface area contributed by atoms with E-state index in [1.54, 1.807) is 0 Å². The van der Waals surface area contributed by atoms with E-state index in [-0.39, 0.29) is 18.5 Å². The maximum Gasteiger partial charge on any atom is 0.306 e. The number of carbonyl (C=O) groups excluding carboxylic acids is 1. The molecule has 0 heterocycles. The molecule has 4 heteroatoms. The van der Waals surface area contributed by atoms with Crippen LogP contribution in [0.2, 0.25) is 0 Å². The molecular weight excluding hydrogens is 460 g/mol. The molecule has 0 saturated heterocycles. The number of hydrogen-bond donors (Lipinski definition) is 1. The van der Waals surface area contributed by atoms with Crippen LogP contribution in [0.3, 0.4) is 0 Å². The fourth-order valence-corrected chi connectivity index (χ4v) is 4.82. The van der Waals surface area contributed by atoms with Gasteiger partial charge in [-0.25, -0.2) is 0 Å². The summed E-state index contributed by atoms with van der Waals surface area (Å²) in [5, 5.41) is 8.73. The normalized spacial score (nSPS) is 12.3. The van der Waals surface area contributed by atoms with Gasteiger partial charge < -0.3 is 9.84 Å². The molecule has 0 amide bonds. The average Bonchev–Trinajstić information content (AvgIpc) is 2.87. The van der Waals surface area contributed by atoms with Crippen LogP contribution in [0, 0.1) is 0 Å². The molecule has 0 saturated carbocycles. The summed E-state index contributed by atoms with van der Waals surface area (Å²) in [5.41, 5.74) is 0. The van der Waals surface area contributed by atoms with Crippen LogP contribution in [0.15, 0.2) is 12.2 Å². The summed E-state index contributed by atoms with van der Waals surface area (Å²) in [7, 11) is 0. The minimum atomic E-state index is -0.703. The predicted octanol–water partition coefficient (Wildman–Crippen LogP) is 10.7. The van der Waals surface area contributed by atoms with E-state index in [1.165, 1.54) is 89.9 Å². The van der Waals surface area contributed by atoms with Crippen molar-refractivity contribution in [3.63, 3.8) is 0 Å². The highest BCUT2D eigenvalue weighted by Gasteiger charge is 2.14. The van der Waals surface area contributed by atoms with Crippen LogP contribution in [0.25, 0.3) is 0 Å². The van der Waals surface area contributed by atoms with Gasteiger partial charge in [0.05, 0.1) is 0 Å². The Hall–Kier alpha value is -1.32. The van der Waals surface area contributed by atoms with Crippen molar-refractivity contribution in [2.45, 2.75) is 187 Å². The van der Waals surface area contributed by atoms with Crippen LogP contribution < -0.4 is 0 Å². The molecule has 0 aromatic rings. The van der Waals surface area contributed by atoms with Crippen molar-refractivity contribution in [2.24, 2.45) is 0 Å². The Morgan fingerprint density at radius 3 is 1.49 bits per heavy atom. The minimum absolute atomic E-state index is 0.0143. The molecule has 37 heavy (non-hydrogen) atoms. The summed E-state index contributed by atoms with van der Waals surface area (Å²) < 4.78 is 5.88. The first-order chi connectivity index (χ1) is 18.1. The Labute approximate surface area is 230 Å². The number of aliphatic carboxylic acids is 1. The molecule has 0 spiro atoms. The zero-order valence-electron chi connectivity index (χ0n) is 24.8. The Morgan fingerprint density at radius 2 is 0.973 bits per heavy atom. The largest absolute Gasteiger partial charge is 0.481 e. The molecule has 218 valence electrons. The number of unbranched alkanes of at least 4 members (excludes halogenated alkanes) is 18. The molecule has 1 unspecified atom stereocenters. The van der Waals surface area contributed by atoms with Gasteiger partial charge in [0.2, 0.25) is 0 Å². The van der Waals surface area contributed by atoms with E-state index in [4.69, 9.17) is 9.84 Å². The van der Waals surface area contributed by atoms with Crippen molar-refractivity contribution in [1.82, 2.24) is 0 Å². The second-order valence-corrected chi connectivity index (χ2v) is 11.0. The van der Waals surface area contributed by atoms with Gasteiger partial charge in [-0.3, -0.25) is 9.59 Å². The molecule has 1 atom stereocenters. The van der Waals surface area contributed by atoms with Crippen LogP contribution in [-0.2, 0) is 14.3 Å². The molecule has 0 rings (SSSR count). The molecule has 0 radical (unpaired) electrons. The lowest BCUT2D eigenvalue weighted by Gasteiger charge is -2.18. The second-order valence-electron chi connectivity index (χ2n) is 11.0. The number of carbonyl (C=O) groups is 2. The SMILES string of the molecule is CCCCCCCC/C=C\CCCCCCCC(=O)OC(CCCCCC)CCCCCCCC(=O)O. The van der Waals surface area contributed by atoms with E-state index in [0.717, 1.165) is 64.2 Å². The van der Waals surface area contributed by atoms with Gasteiger partial charge in [-0.2, -0.15) is 0 Å². The number of carboxylic acids is 1. The molecule has 0 fully saturated rings. The van der Waals surface area contributed by atoms with E-state index in [1.807, 2.05) is 0 Å². The van der Waals surface area contributed by atoms with Crippen molar-refractivity contribution in [1.29, 1.82) is 0 Å². The lowest BCUT2D eigenvalue weighted by Crippen LogP contribution is -2.18. The number of hydrogen-bond acceptors (Lipinski definition) is 3. The van der Waals surface area contributed by atoms with E-state index in [0.29, 0.717) is 6.42 Å². The predicted molar refractivity (Wildman–Crippen MR) is 158 cm³/mol. The molecule has 1 N–H and O–H groups in total. The van der Waals surface area contributed by atoms with Gasteiger partial charge in [-0.15, -0.1) is 0 Å². The molecule has 0 aliphatic rings. The molecular formula is C33H62O4. The fraction of sp³-hybridized carbons (Fsp3) is 0.879. The molecule has 0 bridgehead atoms. The summed E-state index contributed by atoms with van der Waals surface area (Å²) in [5.74, 6) is -0.718. The van der Waals surface area contributed by atoms with Gasteiger partial charge in [-0.05, 0) is 64.2 Å². The molecule has 0 aliphatic heterocycles. The monoisotopic (exact) mass is 522 g/mol. The van der Waals surface area contributed by atoms with Gasteiger partial charge in [0, 0.05) is 12.8 Å². The number of carboxylic acid groups (broad SMARTS) is 1. The van der Waals surface area contributed by atoms with Crippen molar-refractivity contribution in [3.8, 4) is 0 Å².